The van der Waals surface area contributed by atoms with Crippen LogP contribution < -0.4 is 0 Å². The molecular weight excluding hydrogens is 237 g/mol. The van der Waals surface area contributed by atoms with E-state index in [9.17, 15) is 23.1 Å². The maximum absolute atomic E-state index is 11.8. The van der Waals surface area contributed by atoms with E-state index in [1.165, 1.54) is 18.2 Å². The van der Waals surface area contributed by atoms with Gasteiger partial charge in [0.05, 0.1) is 5.56 Å². The first-order chi connectivity index (χ1) is 7.88. The van der Waals surface area contributed by atoms with Crippen molar-refractivity contribution < 1.29 is 27.8 Å². The van der Waals surface area contributed by atoms with Crippen LogP contribution in [0, 0.1) is 0 Å². The van der Waals surface area contributed by atoms with Crippen LogP contribution in [0.2, 0.25) is 0 Å². The van der Waals surface area contributed by atoms with Gasteiger partial charge in [0, 0.05) is 0 Å². The van der Waals surface area contributed by atoms with Crippen molar-refractivity contribution in [1.82, 2.24) is 0 Å². The van der Waals surface area contributed by atoms with Gasteiger partial charge < -0.3 is 4.74 Å². The summed E-state index contributed by atoms with van der Waals surface area (Å²) in [5.74, 6) is 0. The lowest BCUT2D eigenvalue weighted by molar-refractivity contribution is -0.137. The Morgan fingerprint density at radius 3 is 2.06 bits per heavy atom. The van der Waals surface area contributed by atoms with E-state index < -0.39 is 17.9 Å². The van der Waals surface area contributed by atoms with Gasteiger partial charge in [-0.05, 0) is 0 Å². The van der Waals surface area contributed by atoms with Crippen LogP contribution in [-0.4, -0.2) is 12.8 Å². The van der Waals surface area contributed by atoms with Crippen molar-refractivity contribution in [1.29, 1.82) is 0 Å². The van der Waals surface area contributed by atoms with Crippen molar-refractivity contribution in [3.05, 3.63) is 48.6 Å². The summed E-state index contributed by atoms with van der Waals surface area (Å²) in [6.07, 6.45) is -4.39. The lowest BCUT2D eigenvalue weighted by atomic mass is 10.2. The van der Waals surface area contributed by atoms with Gasteiger partial charge in [0.1, 0.15) is 6.61 Å². The lowest BCUT2D eigenvalue weighted by Gasteiger charge is -2.03. The third kappa shape index (κ3) is 7.89. The predicted octanol–water partition coefficient (Wildman–Crippen LogP) is 3.44. The normalized spacial score (nSPS) is 9.82. The fourth-order valence-electron chi connectivity index (χ4n) is 0.754. The van der Waals surface area contributed by atoms with Crippen molar-refractivity contribution >= 4 is 6.16 Å². The number of carbonyl (C=O) groups excluding carboxylic acids is 1. The molecule has 0 amide bonds. The van der Waals surface area contributed by atoms with Crippen molar-refractivity contribution in [3.8, 4) is 0 Å². The number of halogens is 3. The zero-order valence-electron chi connectivity index (χ0n) is 8.74. The summed E-state index contributed by atoms with van der Waals surface area (Å²) >= 11 is 0. The second kappa shape index (κ2) is 7.32. The van der Waals surface area contributed by atoms with Gasteiger partial charge in [-0.2, -0.15) is 23.1 Å². The number of alkyl halides is 3. The minimum atomic E-state index is -4.21. The molecule has 1 rings (SSSR count). The minimum Gasteiger partial charge on any atom is -0.428 e. The molecule has 0 fully saturated rings. The van der Waals surface area contributed by atoms with Gasteiger partial charge in [0.2, 0.25) is 0 Å². The van der Waals surface area contributed by atoms with E-state index in [0.717, 1.165) is 12.1 Å². The van der Waals surface area contributed by atoms with Crippen LogP contribution in [0.15, 0.2) is 43.0 Å². The molecule has 1 radical (unpaired) electrons. The highest BCUT2D eigenvalue weighted by Gasteiger charge is 2.29. The number of ether oxygens (including phenoxy) is 1. The molecule has 0 aromatic heterocycles. The molecule has 0 saturated heterocycles. The molecule has 0 heterocycles. The second-order valence-electron chi connectivity index (χ2n) is 2.71. The topological polar surface area (TPSA) is 46.2 Å². The minimum absolute atomic E-state index is 0.00231. The molecule has 3 nitrogen and oxygen atoms in total. The Bertz CT molecular complexity index is 347. The smallest absolute Gasteiger partial charge is 0.428 e. The van der Waals surface area contributed by atoms with Crippen LogP contribution in [0.3, 0.4) is 0 Å². The molecule has 6 heteroatoms. The van der Waals surface area contributed by atoms with E-state index in [0.29, 0.717) is 0 Å². The molecule has 0 spiro atoms. The summed E-state index contributed by atoms with van der Waals surface area (Å²) < 4.78 is 39.2. The van der Waals surface area contributed by atoms with Crippen molar-refractivity contribution in [2.24, 2.45) is 0 Å². The Kier molecular flexibility index (Phi) is 6.47. The van der Waals surface area contributed by atoms with Crippen LogP contribution in [0.4, 0.5) is 18.0 Å². The van der Waals surface area contributed by atoms with E-state index in [1.807, 2.05) is 0 Å². The lowest BCUT2D eigenvalue weighted by Crippen LogP contribution is -2.03. The first-order valence-corrected chi connectivity index (χ1v) is 4.45. The van der Waals surface area contributed by atoms with Gasteiger partial charge in [0.15, 0.2) is 0 Å². The first-order valence-electron chi connectivity index (χ1n) is 4.45. The molecule has 0 atom stereocenters. The molecular formula is C11H10F3O3. The Labute approximate surface area is 96.1 Å². The second-order valence-corrected chi connectivity index (χ2v) is 2.71. The van der Waals surface area contributed by atoms with Crippen LogP contribution in [0.1, 0.15) is 5.56 Å². The van der Waals surface area contributed by atoms with Crippen LogP contribution in [-0.2, 0) is 16.0 Å². The third-order valence-electron chi connectivity index (χ3n) is 1.42. The molecule has 17 heavy (non-hydrogen) atoms. The van der Waals surface area contributed by atoms with Gasteiger partial charge in [-0.15, -0.1) is 0 Å². The maximum atomic E-state index is 11.8. The van der Waals surface area contributed by atoms with Crippen LogP contribution in [0.25, 0.3) is 0 Å². The number of rotatable bonds is 2. The van der Waals surface area contributed by atoms with Gasteiger partial charge in [-0.1, -0.05) is 43.0 Å². The Balaban J connectivity index is 0.000000325. The molecule has 93 valence electrons. The maximum Gasteiger partial charge on any atom is 0.550 e. The van der Waals surface area contributed by atoms with Gasteiger partial charge >= 0.3 is 12.3 Å². The fraction of sp³-hybridized carbons (Fsp3) is 0.182. The summed E-state index contributed by atoms with van der Waals surface area (Å²) in [5, 5.41) is 9.38. The van der Waals surface area contributed by atoms with E-state index in [2.05, 4.69) is 11.3 Å². The zero-order valence-corrected chi connectivity index (χ0v) is 8.74. The van der Waals surface area contributed by atoms with E-state index >= 15 is 0 Å². The average molecular weight is 247 g/mol. The SMILES string of the molecule is C=CCOC([O])=O.FC(F)(F)c1ccccc1. The summed E-state index contributed by atoms with van der Waals surface area (Å²) in [5.41, 5.74) is -0.602. The van der Waals surface area contributed by atoms with Crippen molar-refractivity contribution in [2.75, 3.05) is 6.61 Å². The average Bonchev–Trinajstić information content (AvgIpc) is 2.27. The van der Waals surface area contributed by atoms with Crippen molar-refractivity contribution in [2.45, 2.75) is 6.18 Å². The number of hydrogen-bond donors (Lipinski definition) is 0. The van der Waals surface area contributed by atoms with Gasteiger partial charge in [-0.3, -0.25) is 0 Å². The van der Waals surface area contributed by atoms with Crippen LogP contribution in [0.5, 0.6) is 0 Å². The molecule has 0 bridgehead atoms. The monoisotopic (exact) mass is 247 g/mol. The van der Waals surface area contributed by atoms with E-state index in [1.54, 1.807) is 6.07 Å². The summed E-state index contributed by atoms with van der Waals surface area (Å²) in [7, 11) is 0. The Morgan fingerprint density at radius 2 is 1.82 bits per heavy atom. The predicted molar refractivity (Wildman–Crippen MR) is 53.7 cm³/mol. The zero-order chi connectivity index (χ0) is 13.3. The summed E-state index contributed by atoms with van der Waals surface area (Å²) in [6, 6.07) is 6.36. The molecule has 0 aliphatic carbocycles. The largest absolute Gasteiger partial charge is 0.550 e. The summed E-state index contributed by atoms with van der Waals surface area (Å²) in [6.45, 7) is 3.22. The molecule has 0 aliphatic rings. The van der Waals surface area contributed by atoms with Crippen molar-refractivity contribution in [3.63, 3.8) is 0 Å². The molecule has 0 N–H and O–H groups in total. The highest BCUT2D eigenvalue weighted by molar-refractivity contribution is 5.56. The molecule has 0 saturated carbocycles. The molecule has 1 aromatic rings. The Hall–Kier alpha value is -1.98. The number of carbonyl (C=O) groups is 1. The highest BCUT2D eigenvalue weighted by atomic mass is 19.4. The third-order valence-corrected chi connectivity index (χ3v) is 1.42. The van der Waals surface area contributed by atoms with E-state index in [-0.39, 0.29) is 6.61 Å². The molecule has 1 aromatic carbocycles. The number of hydrogen-bond acceptors (Lipinski definition) is 2. The van der Waals surface area contributed by atoms with Gasteiger partial charge in [-0.25, -0.2) is 0 Å². The van der Waals surface area contributed by atoms with Gasteiger partial charge in [0.25, 0.3) is 0 Å². The molecule has 0 aliphatic heterocycles. The summed E-state index contributed by atoms with van der Waals surface area (Å²) in [4.78, 5) is 9.38. The fourth-order valence-corrected chi connectivity index (χ4v) is 0.754. The standard InChI is InChI=1S/C7H5F3.C4H5O3/c8-7(9,10)6-4-2-1-3-5-6;1-2-3-7-4(5)6/h1-5H;2H,1,3H2. The van der Waals surface area contributed by atoms with Crippen LogP contribution >= 0.6 is 0 Å². The Morgan fingerprint density at radius 1 is 1.29 bits per heavy atom. The van der Waals surface area contributed by atoms with E-state index in [4.69, 9.17) is 0 Å². The number of benzene rings is 1. The quantitative estimate of drug-likeness (QED) is 0.593. The molecule has 0 unspecified atom stereocenters. The first kappa shape index (κ1) is 15.0. The highest BCUT2D eigenvalue weighted by Crippen LogP contribution is 2.28.